The van der Waals surface area contributed by atoms with Gasteiger partial charge in [0.1, 0.15) is 11.4 Å². The largest absolute Gasteiger partial charge is 0.497 e. The summed E-state index contributed by atoms with van der Waals surface area (Å²) in [6, 6.07) is 7.34. The Morgan fingerprint density at radius 1 is 1.27 bits per heavy atom. The summed E-state index contributed by atoms with van der Waals surface area (Å²) in [4.78, 5) is 19.7. The molecule has 1 N–H and O–H groups in total. The van der Waals surface area contributed by atoms with Crippen LogP contribution in [-0.4, -0.2) is 80.4 Å². The van der Waals surface area contributed by atoms with Crippen LogP contribution in [0.4, 0.5) is 0 Å². The van der Waals surface area contributed by atoms with E-state index >= 15 is 0 Å². The number of ether oxygens (including phenoxy) is 1. The first kappa shape index (κ1) is 17.4. The maximum absolute atomic E-state index is 12.9. The Morgan fingerprint density at radius 2 is 2.04 bits per heavy atom. The van der Waals surface area contributed by atoms with Gasteiger partial charge in [-0.3, -0.25) is 4.79 Å². The van der Waals surface area contributed by atoms with Gasteiger partial charge in [0.2, 0.25) is 0 Å². The summed E-state index contributed by atoms with van der Waals surface area (Å²) in [5.74, 6) is 0.737. The molecule has 1 amide bonds. The van der Waals surface area contributed by atoms with Crippen molar-refractivity contribution in [2.45, 2.75) is 11.3 Å². The highest BCUT2D eigenvalue weighted by molar-refractivity contribution is 7.92. The predicted octanol–water partition coefficient (Wildman–Crippen LogP) is 0.976. The van der Waals surface area contributed by atoms with Crippen LogP contribution in [0.5, 0.6) is 5.75 Å². The lowest BCUT2D eigenvalue weighted by Crippen LogP contribution is -2.38. The summed E-state index contributed by atoms with van der Waals surface area (Å²) in [6.45, 7) is 0.749. The fourth-order valence-corrected chi connectivity index (χ4v) is 6.73. The molecule has 0 bridgehead atoms. The van der Waals surface area contributed by atoms with Gasteiger partial charge in [-0.05, 0) is 38.4 Å². The number of nitrogens with zero attached hydrogens (tertiary/aromatic N) is 2. The fraction of sp³-hybridized carbons (Fsp3) is 0.500. The maximum Gasteiger partial charge on any atom is 0.270 e. The van der Waals surface area contributed by atoms with E-state index in [1.165, 1.54) is 0 Å². The molecule has 2 aliphatic rings. The molecule has 0 radical (unpaired) electrons. The molecular weight excluding hydrogens is 354 g/mol. The normalized spacial score (nSPS) is 27.2. The van der Waals surface area contributed by atoms with Gasteiger partial charge in [-0.25, -0.2) is 8.42 Å². The van der Waals surface area contributed by atoms with E-state index in [0.29, 0.717) is 12.2 Å². The standard InChI is InChI=1S/C18H23N3O4S/c1-20(2)16-10-26(23,24)17-9-21(8-13(16)17)18(22)15-7-11-6-12(25-3)4-5-14(11)19-15/h4-7,13,16-17,19H,8-10H2,1-3H3/t13-,16-,17-/m0/s1. The third kappa shape index (κ3) is 2.68. The summed E-state index contributed by atoms with van der Waals surface area (Å²) in [5, 5.41) is 0.439. The van der Waals surface area contributed by atoms with E-state index in [4.69, 9.17) is 4.74 Å². The zero-order valence-electron chi connectivity index (χ0n) is 15.1. The topological polar surface area (TPSA) is 82.7 Å². The van der Waals surface area contributed by atoms with E-state index < -0.39 is 15.1 Å². The van der Waals surface area contributed by atoms with Gasteiger partial charge < -0.3 is 19.5 Å². The van der Waals surface area contributed by atoms with Crippen LogP contribution < -0.4 is 4.74 Å². The number of hydrogen-bond acceptors (Lipinski definition) is 5. The lowest BCUT2D eigenvalue weighted by molar-refractivity contribution is 0.0775. The van der Waals surface area contributed by atoms with E-state index in [-0.39, 0.29) is 30.2 Å². The molecule has 1 aromatic heterocycles. The number of sulfone groups is 1. The lowest BCUT2D eigenvalue weighted by atomic mass is 10.00. The summed E-state index contributed by atoms with van der Waals surface area (Å²) >= 11 is 0. The lowest BCUT2D eigenvalue weighted by Gasteiger charge is -2.24. The Labute approximate surface area is 152 Å². The van der Waals surface area contributed by atoms with Crippen molar-refractivity contribution in [3.05, 3.63) is 30.0 Å². The van der Waals surface area contributed by atoms with Crippen LogP contribution in [0.15, 0.2) is 24.3 Å². The van der Waals surface area contributed by atoms with E-state index in [1.807, 2.05) is 37.2 Å². The van der Waals surface area contributed by atoms with Gasteiger partial charge in [0.25, 0.3) is 5.91 Å². The Balaban J connectivity index is 1.60. The van der Waals surface area contributed by atoms with Crippen molar-refractivity contribution in [3.8, 4) is 5.75 Å². The Hall–Kier alpha value is -2.06. The van der Waals surface area contributed by atoms with Crippen LogP contribution in [0.1, 0.15) is 10.5 Å². The van der Waals surface area contributed by atoms with Gasteiger partial charge in [0, 0.05) is 36.0 Å². The van der Waals surface area contributed by atoms with E-state index in [2.05, 4.69) is 4.98 Å². The first-order valence-corrected chi connectivity index (χ1v) is 10.4. The zero-order chi connectivity index (χ0) is 18.6. The molecule has 2 aliphatic heterocycles. The van der Waals surface area contributed by atoms with Gasteiger partial charge in [-0.15, -0.1) is 0 Å². The number of methoxy groups -OCH3 is 1. The molecule has 2 fully saturated rings. The van der Waals surface area contributed by atoms with Crippen molar-refractivity contribution in [2.24, 2.45) is 5.92 Å². The Bertz CT molecular complexity index is 966. The highest BCUT2D eigenvalue weighted by Crippen LogP contribution is 2.36. The van der Waals surface area contributed by atoms with Crippen molar-refractivity contribution >= 4 is 26.6 Å². The van der Waals surface area contributed by atoms with Crippen LogP contribution in [-0.2, 0) is 9.84 Å². The summed E-state index contributed by atoms with van der Waals surface area (Å²) in [6.07, 6.45) is 0. The smallest absolute Gasteiger partial charge is 0.270 e. The molecule has 4 rings (SSSR count). The summed E-state index contributed by atoms with van der Waals surface area (Å²) < 4.78 is 30.2. The number of fused-ring (bicyclic) bond motifs is 2. The van der Waals surface area contributed by atoms with Gasteiger partial charge in [0.15, 0.2) is 9.84 Å². The molecule has 7 nitrogen and oxygen atoms in total. The summed E-state index contributed by atoms with van der Waals surface area (Å²) in [7, 11) is 2.24. The second-order valence-corrected chi connectivity index (χ2v) is 9.67. The van der Waals surface area contributed by atoms with Crippen molar-refractivity contribution in [2.75, 3.05) is 40.0 Å². The molecular formula is C18H23N3O4S. The van der Waals surface area contributed by atoms with E-state index in [0.717, 1.165) is 16.7 Å². The number of aromatic nitrogens is 1. The van der Waals surface area contributed by atoms with Gasteiger partial charge >= 0.3 is 0 Å². The fourth-order valence-electron chi connectivity index (χ4n) is 4.25. The van der Waals surface area contributed by atoms with Crippen LogP contribution >= 0.6 is 0 Å². The molecule has 0 unspecified atom stereocenters. The number of rotatable bonds is 3. The number of benzene rings is 1. The first-order chi connectivity index (χ1) is 12.3. The number of amides is 1. The number of nitrogens with one attached hydrogen (secondary N) is 1. The Morgan fingerprint density at radius 3 is 2.73 bits per heavy atom. The first-order valence-electron chi connectivity index (χ1n) is 8.64. The average Bonchev–Trinajstić information content (AvgIpc) is 3.27. The molecule has 0 saturated carbocycles. The Kier molecular flexibility index (Phi) is 4.00. The third-order valence-electron chi connectivity index (χ3n) is 5.68. The quantitative estimate of drug-likeness (QED) is 0.862. The minimum atomic E-state index is -3.16. The van der Waals surface area contributed by atoms with Crippen molar-refractivity contribution in [1.82, 2.24) is 14.8 Å². The van der Waals surface area contributed by atoms with Crippen LogP contribution in [0.3, 0.4) is 0 Å². The molecule has 1 aromatic carbocycles. The van der Waals surface area contributed by atoms with Crippen LogP contribution in [0, 0.1) is 5.92 Å². The number of carbonyl (C=O) groups is 1. The number of aromatic amines is 1. The molecule has 26 heavy (non-hydrogen) atoms. The molecule has 3 atom stereocenters. The molecule has 8 heteroatoms. The van der Waals surface area contributed by atoms with Crippen molar-refractivity contribution < 1.29 is 17.9 Å². The third-order valence-corrected chi connectivity index (χ3v) is 7.90. The van der Waals surface area contributed by atoms with E-state index in [9.17, 15) is 13.2 Å². The molecule has 0 aliphatic carbocycles. The predicted molar refractivity (Wildman–Crippen MR) is 99.3 cm³/mol. The minimum Gasteiger partial charge on any atom is -0.497 e. The summed E-state index contributed by atoms with van der Waals surface area (Å²) in [5.41, 5.74) is 1.33. The second-order valence-electron chi connectivity index (χ2n) is 7.41. The average molecular weight is 377 g/mol. The number of H-pyrrole nitrogens is 1. The van der Waals surface area contributed by atoms with Crippen LogP contribution in [0.25, 0.3) is 10.9 Å². The maximum atomic E-state index is 12.9. The van der Waals surface area contributed by atoms with Gasteiger partial charge in [-0.2, -0.15) is 0 Å². The highest BCUT2D eigenvalue weighted by atomic mass is 32.2. The van der Waals surface area contributed by atoms with E-state index in [1.54, 1.807) is 18.1 Å². The highest BCUT2D eigenvalue weighted by Gasteiger charge is 2.53. The van der Waals surface area contributed by atoms with Gasteiger partial charge in [0.05, 0.1) is 18.1 Å². The molecule has 2 saturated heterocycles. The number of likely N-dealkylation sites (tertiary alicyclic amines) is 1. The molecule has 140 valence electrons. The van der Waals surface area contributed by atoms with Crippen LogP contribution in [0.2, 0.25) is 0 Å². The SMILES string of the molecule is COc1ccc2[nH]c(C(=O)N3C[C@H]4[C@@H](N(C)C)CS(=O)(=O)[C@H]4C3)cc2c1. The number of hydrogen-bond donors (Lipinski definition) is 1. The minimum absolute atomic E-state index is 0.0246. The molecule has 3 heterocycles. The number of carbonyl (C=O) groups excluding carboxylic acids is 1. The second kappa shape index (κ2) is 5.99. The van der Waals surface area contributed by atoms with Crippen molar-refractivity contribution in [1.29, 1.82) is 0 Å². The molecule has 2 aromatic rings. The van der Waals surface area contributed by atoms with Crippen molar-refractivity contribution in [3.63, 3.8) is 0 Å². The monoisotopic (exact) mass is 377 g/mol. The zero-order valence-corrected chi connectivity index (χ0v) is 15.9. The van der Waals surface area contributed by atoms with Gasteiger partial charge in [-0.1, -0.05) is 0 Å². The molecule has 0 spiro atoms.